The van der Waals surface area contributed by atoms with Crippen LogP contribution in [0.4, 0.5) is 0 Å². The highest BCUT2D eigenvalue weighted by Gasteiger charge is 2.26. The van der Waals surface area contributed by atoms with E-state index >= 15 is 0 Å². The van der Waals surface area contributed by atoms with Gasteiger partial charge >= 0.3 is 0 Å². The van der Waals surface area contributed by atoms with E-state index in [-0.39, 0.29) is 11.8 Å². The third-order valence-electron chi connectivity index (χ3n) is 2.35. The summed E-state index contributed by atoms with van der Waals surface area (Å²) in [5, 5.41) is 0. The Bertz CT molecular complexity index is 310. The van der Waals surface area contributed by atoms with Crippen LogP contribution in [-0.2, 0) is 11.2 Å². The number of carbonyl (C=O) groups excluding carboxylic acids is 1. The average Bonchev–Trinajstić information content (AvgIpc) is 2.59. The smallest absolute Gasteiger partial charge is 0.237 e. The second-order valence-electron chi connectivity index (χ2n) is 3.18. The third-order valence-corrected chi connectivity index (χ3v) is 2.35. The molecule has 0 fully saturated rings. The molecule has 1 aliphatic carbocycles. The van der Waals surface area contributed by atoms with E-state index in [9.17, 15) is 4.79 Å². The van der Waals surface area contributed by atoms with E-state index in [1.165, 1.54) is 5.56 Å². The molecule has 0 aromatic heterocycles. The van der Waals surface area contributed by atoms with Crippen molar-refractivity contribution in [1.29, 1.82) is 0 Å². The lowest BCUT2D eigenvalue weighted by Crippen LogP contribution is -2.35. The summed E-state index contributed by atoms with van der Waals surface area (Å²) in [7, 11) is 0. The van der Waals surface area contributed by atoms with Gasteiger partial charge in [0.05, 0.1) is 5.92 Å². The molecule has 1 aliphatic rings. The Kier molecular flexibility index (Phi) is 2.02. The Morgan fingerprint density at radius 2 is 2.23 bits per heavy atom. The van der Waals surface area contributed by atoms with Crippen molar-refractivity contribution in [3.05, 3.63) is 41.8 Å². The molecule has 3 nitrogen and oxygen atoms in total. The zero-order chi connectivity index (χ0) is 9.26. The largest absolute Gasteiger partial charge is 0.294 e. The quantitative estimate of drug-likeness (QED) is 0.369. The molecule has 0 spiro atoms. The molecule has 1 aromatic carbocycles. The van der Waals surface area contributed by atoms with Crippen molar-refractivity contribution < 1.29 is 4.79 Å². The van der Waals surface area contributed by atoms with Gasteiger partial charge in [-0.1, -0.05) is 24.3 Å². The average molecular weight is 175 g/mol. The Morgan fingerprint density at radius 3 is 2.92 bits per heavy atom. The van der Waals surface area contributed by atoms with Crippen LogP contribution in [0.5, 0.6) is 0 Å². The standard InChI is InChI=1S/C10H11N2O/c11-12-10(13)9-5-7-3-1-2-4-8(7)6-9/h1-5,9H,6,11H2,(H,12,13). The summed E-state index contributed by atoms with van der Waals surface area (Å²) in [6, 6.07) is 8.00. The second kappa shape index (κ2) is 3.18. The molecule has 2 rings (SSSR count). The van der Waals surface area contributed by atoms with Crippen molar-refractivity contribution in [2.45, 2.75) is 6.42 Å². The van der Waals surface area contributed by atoms with Gasteiger partial charge in [0.25, 0.3) is 0 Å². The summed E-state index contributed by atoms with van der Waals surface area (Å²) >= 11 is 0. The number of amides is 1. The van der Waals surface area contributed by atoms with E-state index < -0.39 is 0 Å². The van der Waals surface area contributed by atoms with E-state index in [2.05, 4.69) is 5.43 Å². The first-order valence-electron chi connectivity index (χ1n) is 4.24. The van der Waals surface area contributed by atoms with E-state index in [0.717, 1.165) is 12.0 Å². The zero-order valence-corrected chi connectivity index (χ0v) is 7.16. The lowest BCUT2D eigenvalue weighted by atomic mass is 10.1. The molecular weight excluding hydrogens is 164 g/mol. The molecule has 1 atom stereocenters. The molecule has 1 radical (unpaired) electrons. The summed E-state index contributed by atoms with van der Waals surface area (Å²) in [6.45, 7) is 0. The number of fused-ring (bicyclic) bond motifs is 1. The predicted molar refractivity (Wildman–Crippen MR) is 49.4 cm³/mol. The van der Waals surface area contributed by atoms with E-state index in [0.29, 0.717) is 0 Å². The molecule has 0 saturated carbocycles. The topological polar surface area (TPSA) is 55.1 Å². The number of hydrogen-bond donors (Lipinski definition) is 2. The van der Waals surface area contributed by atoms with Crippen LogP contribution in [0.1, 0.15) is 11.1 Å². The van der Waals surface area contributed by atoms with E-state index in [1.807, 2.05) is 30.7 Å². The van der Waals surface area contributed by atoms with Crippen LogP contribution in [-0.4, -0.2) is 5.91 Å². The van der Waals surface area contributed by atoms with Gasteiger partial charge in [-0.05, 0) is 17.5 Å². The summed E-state index contributed by atoms with van der Waals surface area (Å²) in [5.41, 5.74) is 4.54. The highest BCUT2D eigenvalue weighted by Crippen LogP contribution is 2.27. The van der Waals surface area contributed by atoms with Crippen LogP contribution in [0, 0.1) is 12.3 Å². The Morgan fingerprint density at radius 1 is 1.46 bits per heavy atom. The van der Waals surface area contributed by atoms with Crippen LogP contribution in [0.25, 0.3) is 0 Å². The minimum Gasteiger partial charge on any atom is -0.294 e. The van der Waals surface area contributed by atoms with Crippen molar-refractivity contribution in [1.82, 2.24) is 5.43 Å². The summed E-state index contributed by atoms with van der Waals surface area (Å²) in [5.74, 6) is 4.86. The van der Waals surface area contributed by atoms with Crippen LogP contribution in [0.2, 0.25) is 0 Å². The van der Waals surface area contributed by atoms with E-state index in [1.54, 1.807) is 0 Å². The molecule has 1 aromatic rings. The van der Waals surface area contributed by atoms with Crippen LogP contribution >= 0.6 is 0 Å². The molecule has 0 bridgehead atoms. The molecule has 3 heteroatoms. The minimum absolute atomic E-state index is 0.0950. The lowest BCUT2D eigenvalue weighted by Gasteiger charge is -2.04. The van der Waals surface area contributed by atoms with Crippen molar-refractivity contribution in [3.8, 4) is 0 Å². The molecular formula is C10H11N2O. The fourth-order valence-corrected chi connectivity index (χ4v) is 1.67. The number of nitrogens with two attached hydrogens (primary N) is 1. The molecule has 67 valence electrons. The highest BCUT2D eigenvalue weighted by molar-refractivity contribution is 5.81. The monoisotopic (exact) mass is 175 g/mol. The van der Waals surface area contributed by atoms with Crippen molar-refractivity contribution in [3.63, 3.8) is 0 Å². The Hall–Kier alpha value is -1.35. The first kappa shape index (κ1) is 8.26. The molecule has 13 heavy (non-hydrogen) atoms. The number of rotatable bonds is 1. The van der Waals surface area contributed by atoms with Gasteiger partial charge in [-0.3, -0.25) is 10.2 Å². The molecule has 3 N–H and O–H groups in total. The summed E-state index contributed by atoms with van der Waals surface area (Å²) < 4.78 is 0. The van der Waals surface area contributed by atoms with Gasteiger partial charge in [-0.15, -0.1) is 0 Å². The Labute approximate surface area is 76.9 Å². The van der Waals surface area contributed by atoms with Crippen LogP contribution in [0.3, 0.4) is 0 Å². The Balaban J connectivity index is 2.18. The maximum Gasteiger partial charge on any atom is 0.237 e. The maximum absolute atomic E-state index is 11.2. The van der Waals surface area contributed by atoms with Crippen molar-refractivity contribution >= 4 is 5.91 Å². The summed E-state index contributed by atoms with van der Waals surface area (Å²) in [6.07, 6.45) is 2.72. The van der Waals surface area contributed by atoms with Gasteiger partial charge in [0.15, 0.2) is 0 Å². The van der Waals surface area contributed by atoms with Gasteiger partial charge in [0.1, 0.15) is 0 Å². The summed E-state index contributed by atoms with van der Waals surface area (Å²) in [4.78, 5) is 11.2. The number of carbonyl (C=O) groups is 1. The highest BCUT2D eigenvalue weighted by atomic mass is 16.2. The number of benzene rings is 1. The molecule has 0 heterocycles. The molecule has 1 unspecified atom stereocenters. The third kappa shape index (κ3) is 1.42. The number of hydrogen-bond acceptors (Lipinski definition) is 2. The molecule has 0 saturated heterocycles. The second-order valence-corrected chi connectivity index (χ2v) is 3.18. The van der Waals surface area contributed by atoms with E-state index in [4.69, 9.17) is 5.84 Å². The van der Waals surface area contributed by atoms with Gasteiger partial charge < -0.3 is 0 Å². The fraction of sp³-hybridized carbons (Fsp3) is 0.200. The predicted octanol–water partition coefficient (Wildman–Crippen LogP) is 0.401. The van der Waals surface area contributed by atoms with Gasteiger partial charge in [-0.2, -0.15) is 0 Å². The minimum atomic E-state index is -0.115. The van der Waals surface area contributed by atoms with Gasteiger partial charge in [-0.25, -0.2) is 5.84 Å². The van der Waals surface area contributed by atoms with Gasteiger partial charge in [0, 0.05) is 6.42 Å². The number of nitrogens with one attached hydrogen (secondary N) is 1. The van der Waals surface area contributed by atoms with Crippen LogP contribution < -0.4 is 11.3 Å². The first-order chi connectivity index (χ1) is 6.31. The number of hydrazine groups is 1. The van der Waals surface area contributed by atoms with Gasteiger partial charge in [0.2, 0.25) is 5.91 Å². The SMILES string of the molecule is NNC(=O)C1[CH]c2ccccc2C1. The van der Waals surface area contributed by atoms with Crippen molar-refractivity contribution in [2.75, 3.05) is 0 Å². The van der Waals surface area contributed by atoms with Crippen LogP contribution in [0.15, 0.2) is 24.3 Å². The fourth-order valence-electron chi connectivity index (χ4n) is 1.67. The first-order valence-corrected chi connectivity index (χ1v) is 4.24. The molecule has 1 amide bonds. The normalized spacial score (nSPS) is 15.5. The lowest BCUT2D eigenvalue weighted by molar-refractivity contribution is -0.123. The maximum atomic E-state index is 11.2. The molecule has 0 aliphatic heterocycles. The zero-order valence-electron chi connectivity index (χ0n) is 7.16. The van der Waals surface area contributed by atoms with Crippen molar-refractivity contribution in [2.24, 2.45) is 11.8 Å².